The lowest BCUT2D eigenvalue weighted by atomic mass is 9.96. The molecule has 1 saturated carbocycles. The SMILES string of the molecule is CN(C1CCCCC1)S(=O)(=O)c1ccc(SCC(=O)N2CCCC2=O)nc1. The minimum atomic E-state index is -3.57. The zero-order chi connectivity index (χ0) is 19.4. The highest BCUT2D eigenvalue weighted by Gasteiger charge is 2.29. The van der Waals surface area contributed by atoms with Gasteiger partial charge in [0.25, 0.3) is 0 Å². The molecule has 1 aromatic heterocycles. The van der Waals surface area contributed by atoms with Crippen LogP contribution in [0.5, 0.6) is 0 Å². The van der Waals surface area contributed by atoms with E-state index < -0.39 is 10.0 Å². The van der Waals surface area contributed by atoms with Gasteiger partial charge in [-0.1, -0.05) is 31.0 Å². The Balaban J connectivity index is 1.60. The molecule has 148 valence electrons. The van der Waals surface area contributed by atoms with E-state index >= 15 is 0 Å². The van der Waals surface area contributed by atoms with Gasteiger partial charge < -0.3 is 0 Å². The molecule has 0 aromatic carbocycles. The number of pyridine rings is 1. The molecule has 0 unspecified atom stereocenters. The monoisotopic (exact) mass is 411 g/mol. The molecule has 0 spiro atoms. The van der Waals surface area contributed by atoms with Crippen LogP contribution in [-0.4, -0.2) is 59.8 Å². The fraction of sp³-hybridized carbons (Fsp3) is 0.611. The van der Waals surface area contributed by atoms with Crippen molar-refractivity contribution in [3.63, 3.8) is 0 Å². The Morgan fingerprint density at radius 1 is 1.26 bits per heavy atom. The lowest BCUT2D eigenvalue weighted by Gasteiger charge is -2.30. The van der Waals surface area contributed by atoms with E-state index in [0.717, 1.165) is 25.7 Å². The van der Waals surface area contributed by atoms with E-state index in [0.29, 0.717) is 24.4 Å². The molecule has 3 rings (SSSR count). The van der Waals surface area contributed by atoms with Gasteiger partial charge in [-0.3, -0.25) is 14.5 Å². The first kappa shape index (κ1) is 20.3. The Labute approximate surface area is 164 Å². The van der Waals surface area contributed by atoms with Crippen molar-refractivity contribution in [3.05, 3.63) is 18.3 Å². The molecule has 1 aliphatic heterocycles. The van der Waals surface area contributed by atoms with Crippen LogP contribution in [0.15, 0.2) is 28.3 Å². The molecule has 2 heterocycles. The first-order valence-corrected chi connectivity index (χ1v) is 11.7. The fourth-order valence-electron chi connectivity index (χ4n) is 3.54. The number of carbonyl (C=O) groups excluding carboxylic acids is 2. The summed E-state index contributed by atoms with van der Waals surface area (Å²) < 4.78 is 27.1. The molecule has 1 saturated heterocycles. The number of hydrogen-bond donors (Lipinski definition) is 0. The predicted octanol–water partition coefficient (Wildman–Crippen LogP) is 2.28. The van der Waals surface area contributed by atoms with Crippen molar-refractivity contribution < 1.29 is 18.0 Å². The zero-order valence-corrected chi connectivity index (χ0v) is 17.1. The van der Waals surface area contributed by atoms with Gasteiger partial charge in [-0.2, -0.15) is 4.31 Å². The van der Waals surface area contributed by atoms with Gasteiger partial charge in [0.15, 0.2) is 0 Å². The maximum atomic E-state index is 12.8. The van der Waals surface area contributed by atoms with E-state index in [4.69, 9.17) is 0 Å². The van der Waals surface area contributed by atoms with Crippen molar-refractivity contribution in [1.29, 1.82) is 0 Å². The second kappa shape index (κ2) is 8.70. The summed E-state index contributed by atoms with van der Waals surface area (Å²) >= 11 is 1.21. The van der Waals surface area contributed by atoms with Crippen molar-refractivity contribution >= 4 is 33.6 Å². The minimum absolute atomic E-state index is 0.0495. The van der Waals surface area contributed by atoms with Gasteiger partial charge in [-0.05, 0) is 31.4 Å². The van der Waals surface area contributed by atoms with Crippen LogP contribution < -0.4 is 0 Å². The van der Waals surface area contributed by atoms with Gasteiger partial charge >= 0.3 is 0 Å². The van der Waals surface area contributed by atoms with Crippen LogP contribution in [0.25, 0.3) is 0 Å². The van der Waals surface area contributed by atoms with E-state index in [1.807, 2.05) is 0 Å². The highest BCUT2D eigenvalue weighted by Crippen LogP contribution is 2.27. The third-order valence-corrected chi connectivity index (χ3v) is 8.02. The molecule has 1 aromatic rings. The number of thioether (sulfide) groups is 1. The van der Waals surface area contributed by atoms with Gasteiger partial charge in [-0.15, -0.1) is 0 Å². The molecule has 2 fully saturated rings. The maximum Gasteiger partial charge on any atom is 0.244 e. The summed E-state index contributed by atoms with van der Waals surface area (Å²) in [5.41, 5.74) is 0. The van der Waals surface area contributed by atoms with Crippen LogP contribution in [0.3, 0.4) is 0 Å². The normalized spacial score (nSPS) is 19.0. The Hall–Kier alpha value is -1.45. The number of hydrogen-bond acceptors (Lipinski definition) is 6. The summed E-state index contributed by atoms with van der Waals surface area (Å²) in [6, 6.07) is 3.20. The lowest BCUT2D eigenvalue weighted by molar-refractivity contribution is -0.140. The quantitative estimate of drug-likeness (QED) is 0.668. The van der Waals surface area contributed by atoms with Crippen LogP contribution in [0, 0.1) is 0 Å². The number of sulfonamides is 1. The largest absolute Gasteiger partial charge is 0.282 e. The van der Waals surface area contributed by atoms with Crippen LogP contribution in [-0.2, 0) is 19.6 Å². The number of amides is 2. The van der Waals surface area contributed by atoms with Crippen LogP contribution in [0.1, 0.15) is 44.9 Å². The zero-order valence-electron chi connectivity index (χ0n) is 15.5. The summed E-state index contributed by atoms with van der Waals surface area (Å²) in [4.78, 5) is 29.3. The Morgan fingerprint density at radius 3 is 2.59 bits per heavy atom. The summed E-state index contributed by atoms with van der Waals surface area (Å²) in [5.74, 6) is -0.230. The summed E-state index contributed by atoms with van der Waals surface area (Å²) in [6.07, 6.45) is 7.58. The molecule has 0 atom stereocenters. The molecule has 2 aliphatic rings. The van der Waals surface area contributed by atoms with Crippen molar-refractivity contribution in [2.45, 2.75) is 60.9 Å². The van der Waals surface area contributed by atoms with Gasteiger partial charge in [0, 0.05) is 32.3 Å². The molecular weight excluding hydrogens is 386 g/mol. The molecule has 0 N–H and O–H groups in total. The van der Waals surface area contributed by atoms with E-state index in [1.54, 1.807) is 13.1 Å². The molecule has 9 heteroatoms. The van der Waals surface area contributed by atoms with E-state index in [-0.39, 0.29) is 28.5 Å². The molecular formula is C18H25N3O4S2. The van der Waals surface area contributed by atoms with Crippen molar-refractivity contribution in [1.82, 2.24) is 14.2 Å². The smallest absolute Gasteiger partial charge is 0.244 e. The molecule has 27 heavy (non-hydrogen) atoms. The van der Waals surface area contributed by atoms with Crippen molar-refractivity contribution in [2.75, 3.05) is 19.3 Å². The van der Waals surface area contributed by atoms with Crippen molar-refractivity contribution in [3.8, 4) is 0 Å². The number of nitrogens with zero attached hydrogens (tertiary/aromatic N) is 3. The van der Waals surface area contributed by atoms with Crippen molar-refractivity contribution in [2.24, 2.45) is 0 Å². The van der Waals surface area contributed by atoms with E-state index in [2.05, 4.69) is 4.98 Å². The van der Waals surface area contributed by atoms with Gasteiger partial charge in [0.1, 0.15) is 4.90 Å². The average Bonchev–Trinajstić information content (AvgIpc) is 3.12. The number of imide groups is 1. The van der Waals surface area contributed by atoms with E-state index in [1.165, 1.54) is 39.7 Å². The molecule has 0 radical (unpaired) electrons. The number of rotatable bonds is 6. The summed E-state index contributed by atoms with van der Waals surface area (Å²) in [6.45, 7) is 0.482. The topological polar surface area (TPSA) is 87.7 Å². The van der Waals surface area contributed by atoms with Crippen LogP contribution >= 0.6 is 11.8 Å². The molecule has 2 amide bonds. The Kier molecular flexibility index (Phi) is 6.54. The molecule has 1 aliphatic carbocycles. The lowest BCUT2D eigenvalue weighted by Crippen LogP contribution is -2.38. The average molecular weight is 412 g/mol. The number of aromatic nitrogens is 1. The highest BCUT2D eigenvalue weighted by molar-refractivity contribution is 7.99. The molecule has 7 nitrogen and oxygen atoms in total. The van der Waals surface area contributed by atoms with Gasteiger partial charge in [-0.25, -0.2) is 13.4 Å². The number of likely N-dealkylation sites (tertiary alicyclic amines) is 1. The highest BCUT2D eigenvalue weighted by atomic mass is 32.2. The predicted molar refractivity (Wildman–Crippen MR) is 103 cm³/mol. The third kappa shape index (κ3) is 4.70. The van der Waals surface area contributed by atoms with Crippen LogP contribution in [0.2, 0.25) is 0 Å². The van der Waals surface area contributed by atoms with E-state index in [9.17, 15) is 18.0 Å². The van der Waals surface area contributed by atoms with Crippen LogP contribution in [0.4, 0.5) is 0 Å². The Morgan fingerprint density at radius 2 is 2.00 bits per heavy atom. The molecule has 0 bridgehead atoms. The first-order valence-electron chi connectivity index (χ1n) is 9.29. The summed E-state index contributed by atoms with van der Waals surface area (Å²) in [5, 5.41) is 0.564. The maximum absolute atomic E-state index is 12.8. The number of carbonyl (C=O) groups is 2. The standard InChI is InChI=1S/C18H25N3O4S2/c1-20(14-6-3-2-4-7-14)27(24,25)15-9-10-16(19-12-15)26-13-18(23)21-11-5-8-17(21)22/h9-10,12,14H,2-8,11,13H2,1H3. The second-order valence-corrected chi connectivity index (χ2v) is 9.97. The summed E-state index contributed by atoms with van der Waals surface area (Å²) in [7, 11) is -1.93. The Bertz CT molecular complexity index is 789. The third-order valence-electron chi connectivity index (χ3n) is 5.19. The van der Waals surface area contributed by atoms with Gasteiger partial charge in [0.2, 0.25) is 21.8 Å². The first-order chi connectivity index (χ1) is 12.9. The second-order valence-electron chi connectivity index (χ2n) is 6.98. The fourth-order valence-corrected chi connectivity index (χ4v) is 5.62. The minimum Gasteiger partial charge on any atom is -0.282 e. The van der Waals surface area contributed by atoms with Gasteiger partial charge in [0.05, 0.1) is 10.8 Å².